The second-order valence-electron chi connectivity index (χ2n) is 5.99. The van der Waals surface area contributed by atoms with Gasteiger partial charge in [0.2, 0.25) is 5.91 Å². The maximum absolute atomic E-state index is 13.3. The highest BCUT2D eigenvalue weighted by Gasteiger charge is 2.28. The number of furan rings is 1. The first-order valence-electron chi connectivity index (χ1n) is 8.09. The lowest BCUT2D eigenvalue weighted by Gasteiger charge is -2.31. The summed E-state index contributed by atoms with van der Waals surface area (Å²) in [6.45, 7) is 1.13. The van der Waals surface area contributed by atoms with Crippen LogP contribution in [0.5, 0.6) is 0 Å². The van der Waals surface area contributed by atoms with Crippen molar-refractivity contribution in [2.45, 2.75) is 19.4 Å². The highest BCUT2D eigenvalue weighted by atomic mass is 19.2. The van der Waals surface area contributed by atoms with E-state index in [2.05, 4.69) is 5.32 Å². The first-order valence-corrected chi connectivity index (χ1v) is 8.09. The SMILES string of the molecule is O=C(NCc1ccco1)C1CCN(C(=O)c2ccc(F)c(F)c2)CC1. The second-order valence-corrected chi connectivity index (χ2v) is 5.99. The van der Waals surface area contributed by atoms with Crippen LogP contribution in [0.25, 0.3) is 0 Å². The maximum atomic E-state index is 13.3. The minimum Gasteiger partial charge on any atom is -0.467 e. The molecular weight excluding hydrogens is 330 g/mol. The Morgan fingerprint density at radius 1 is 1.16 bits per heavy atom. The van der Waals surface area contributed by atoms with Gasteiger partial charge in [0, 0.05) is 24.6 Å². The molecule has 1 saturated heterocycles. The first kappa shape index (κ1) is 17.1. The molecule has 1 N–H and O–H groups in total. The highest BCUT2D eigenvalue weighted by Crippen LogP contribution is 2.20. The van der Waals surface area contributed by atoms with Gasteiger partial charge in [0.25, 0.3) is 5.91 Å². The van der Waals surface area contributed by atoms with E-state index >= 15 is 0 Å². The minimum atomic E-state index is -1.04. The van der Waals surface area contributed by atoms with Crippen LogP contribution in [0.15, 0.2) is 41.0 Å². The lowest BCUT2D eigenvalue weighted by Crippen LogP contribution is -2.42. The molecule has 132 valence electrons. The number of benzene rings is 1. The summed E-state index contributed by atoms with van der Waals surface area (Å²) in [6.07, 6.45) is 2.60. The predicted molar refractivity (Wildman–Crippen MR) is 85.5 cm³/mol. The fourth-order valence-corrected chi connectivity index (χ4v) is 2.89. The van der Waals surface area contributed by atoms with Gasteiger partial charge in [-0.3, -0.25) is 9.59 Å². The van der Waals surface area contributed by atoms with Crippen LogP contribution in [0.1, 0.15) is 29.0 Å². The Kier molecular flexibility index (Phi) is 5.11. The van der Waals surface area contributed by atoms with E-state index in [0.717, 1.165) is 12.1 Å². The number of hydrogen-bond acceptors (Lipinski definition) is 3. The van der Waals surface area contributed by atoms with E-state index < -0.39 is 11.6 Å². The summed E-state index contributed by atoms with van der Waals surface area (Å²) in [6, 6.07) is 6.65. The maximum Gasteiger partial charge on any atom is 0.253 e. The van der Waals surface area contributed by atoms with E-state index in [1.54, 1.807) is 23.3 Å². The zero-order valence-corrected chi connectivity index (χ0v) is 13.5. The van der Waals surface area contributed by atoms with Crippen molar-refractivity contribution in [3.8, 4) is 0 Å². The molecule has 0 spiro atoms. The summed E-state index contributed by atoms with van der Waals surface area (Å²) in [5.41, 5.74) is 0.111. The number of nitrogens with zero attached hydrogens (tertiary/aromatic N) is 1. The molecule has 0 bridgehead atoms. The van der Waals surface area contributed by atoms with Gasteiger partial charge in [-0.25, -0.2) is 8.78 Å². The molecule has 0 atom stereocenters. The van der Waals surface area contributed by atoms with Gasteiger partial charge >= 0.3 is 0 Å². The second kappa shape index (κ2) is 7.46. The number of amides is 2. The van der Waals surface area contributed by atoms with Crippen molar-refractivity contribution in [1.82, 2.24) is 10.2 Å². The summed E-state index contributed by atoms with van der Waals surface area (Å²) in [5.74, 6) is -1.95. The van der Waals surface area contributed by atoms with Gasteiger partial charge in [0.1, 0.15) is 5.76 Å². The molecule has 2 amide bonds. The van der Waals surface area contributed by atoms with Crippen LogP contribution in [-0.4, -0.2) is 29.8 Å². The van der Waals surface area contributed by atoms with Crippen molar-refractivity contribution in [2.75, 3.05) is 13.1 Å². The molecule has 2 aromatic rings. The normalized spacial score (nSPS) is 15.2. The van der Waals surface area contributed by atoms with Crippen LogP contribution in [0, 0.1) is 17.6 Å². The topological polar surface area (TPSA) is 62.6 Å². The summed E-state index contributed by atoms with van der Waals surface area (Å²) in [5, 5.41) is 2.82. The molecule has 2 heterocycles. The third-order valence-electron chi connectivity index (χ3n) is 4.34. The van der Waals surface area contributed by atoms with Crippen molar-refractivity contribution in [2.24, 2.45) is 5.92 Å². The number of rotatable bonds is 4. The predicted octanol–water partition coefficient (Wildman–Crippen LogP) is 2.73. The molecule has 1 fully saturated rings. The van der Waals surface area contributed by atoms with Gasteiger partial charge in [-0.15, -0.1) is 0 Å². The Labute approximate surface area is 143 Å². The van der Waals surface area contributed by atoms with Crippen molar-refractivity contribution >= 4 is 11.8 Å². The van der Waals surface area contributed by atoms with Gasteiger partial charge in [-0.05, 0) is 43.2 Å². The van der Waals surface area contributed by atoms with Crippen LogP contribution in [-0.2, 0) is 11.3 Å². The average Bonchev–Trinajstić information content (AvgIpc) is 3.15. The molecular formula is C18H18F2N2O3. The third-order valence-corrected chi connectivity index (χ3v) is 4.34. The number of piperidine rings is 1. The van der Waals surface area contributed by atoms with Gasteiger partial charge in [-0.2, -0.15) is 0 Å². The zero-order valence-electron chi connectivity index (χ0n) is 13.5. The lowest BCUT2D eigenvalue weighted by atomic mass is 9.95. The standard InChI is InChI=1S/C18H18F2N2O3/c19-15-4-3-13(10-16(15)20)18(24)22-7-5-12(6-8-22)17(23)21-11-14-2-1-9-25-14/h1-4,9-10,12H,5-8,11H2,(H,21,23). The average molecular weight is 348 g/mol. The Hall–Kier alpha value is -2.70. The van der Waals surface area contributed by atoms with E-state index in [9.17, 15) is 18.4 Å². The van der Waals surface area contributed by atoms with Crippen LogP contribution >= 0.6 is 0 Å². The molecule has 1 aliphatic heterocycles. The summed E-state index contributed by atoms with van der Waals surface area (Å²) >= 11 is 0. The molecule has 0 unspecified atom stereocenters. The Morgan fingerprint density at radius 2 is 1.92 bits per heavy atom. The Balaban J connectivity index is 1.51. The Morgan fingerprint density at radius 3 is 2.56 bits per heavy atom. The fraction of sp³-hybridized carbons (Fsp3) is 0.333. The number of hydrogen-bond donors (Lipinski definition) is 1. The van der Waals surface area contributed by atoms with Gasteiger partial charge < -0.3 is 14.6 Å². The van der Waals surface area contributed by atoms with Crippen molar-refractivity contribution in [3.63, 3.8) is 0 Å². The Bertz CT molecular complexity index is 754. The number of nitrogens with one attached hydrogen (secondary N) is 1. The van der Waals surface area contributed by atoms with Crippen molar-refractivity contribution in [3.05, 3.63) is 59.6 Å². The molecule has 7 heteroatoms. The molecule has 3 rings (SSSR count). The van der Waals surface area contributed by atoms with Crippen LogP contribution in [0.4, 0.5) is 8.78 Å². The molecule has 0 saturated carbocycles. The van der Waals surface area contributed by atoms with E-state index in [4.69, 9.17) is 4.42 Å². The summed E-state index contributed by atoms with van der Waals surface area (Å²) < 4.78 is 31.4. The highest BCUT2D eigenvalue weighted by molar-refractivity contribution is 5.94. The van der Waals surface area contributed by atoms with Crippen LogP contribution < -0.4 is 5.32 Å². The van der Waals surface area contributed by atoms with Crippen LogP contribution in [0.2, 0.25) is 0 Å². The number of carbonyl (C=O) groups is 2. The number of carbonyl (C=O) groups excluding carboxylic acids is 2. The summed E-state index contributed by atoms with van der Waals surface area (Å²) in [4.78, 5) is 26.1. The lowest BCUT2D eigenvalue weighted by molar-refractivity contribution is -0.126. The smallest absolute Gasteiger partial charge is 0.253 e. The van der Waals surface area contributed by atoms with Crippen LogP contribution in [0.3, 0.4) is 0 Å². The quantitative estimate of drug-likeness (QED) is 0.924. The van der Waals surface area contributed by atoms with Gasteiger partial charge in [-0.1, -0.05) is 0 Å². The van der Waals surface area contributed by atoms with Crippen molar-refractivity contribution < 1.29 is 22.8 Å². The van der Waals surface area contributed by atoms with E-state index in [-0.39, 0.29) is 23.3 Å². The number of likely N-dealkylation sites (tertiary alicyclic amines) is 1. The molecule has 0 aliphatic carbocycles. The van der Waals surface area contributed by atoms with Gasteiger partial charge in [0.05, 0.1) is 12.8 Å². The fourth-order valence-electron chi connectivity index (χ4n) is 2.89. The molecule has 0 radical (unpaired) electrons. The third kappa shape index (κ3) is 4.04. The van der Waals surface area contributed by atoms with Gasteiger partial charge in [0.15, 0.2) is 11.6 Å². The zero-order chi connectivity index (χ0) is 17.8. The molecule has 1 aliphatic rings. The summed E-state index contributed by atoms with van der Waals surface area (Å²) in [7, 11) is 0. The monoisotopic (exact) mass is 348 g/mol. The van der Waals surface area contributed by atoms with E-state index in [0.29, 0.717) is 38.2 Å². The molecule has 5 nitrogen and oxygen atoms in total. The molecule has 25 heavy (non-hydrogen) atoms. The first-order chi connectivity index (χ1) is 12.0. The molecule has 1 aromatic heterocycles. The van der Waals surface area contributed by atoms with E-state index in [1.165, 1.54) is 6.07 Å². The van der Waals surface area contributed by atoms with E-state index in [1.807, 2.05) is 0 Å². The number of halogens is 2. The largest absolute Gasteiger partial charge is 0.467 e. The van der Waals surface area contributed by atoms with Crippen molar-refractivity contribution in [1.29, 1.82) is 0 Å². The minimum absolute atomic E-state index is 0.0728. The molecule has 1 aromatic carbocycles.